The van der Waals surface area contributed by atoms with Gasteiger partial charge in [0.25, 0.3) is 5.91 Å². The normalized spacial score (nSPS) is 13.2. The fraction of sp³-hybridized carbons (Fsp3) is 0.556. The predicted molar refractivity (Wildman–Crippen MR) is 92.6 cm³/mol. The van der Waals surface area contributed by atoms with Crippen LogP contribution in [0.4, 0.5) is 5.69 Å². The van der Waals surface area contributed by atoms with E-state index >= 15 is 0 Å². The summed E-state index contributed by atoms with van der Waals surface area (Å²) in [6, 6.07) is 7.05. The van der Waals surface area contributed by atoms with Gasteiger partial charge in [-0.1, -0.05) is 39.0 Å². The van der Waals surface area contributed by atoms with Gasteiger partial charge in [-0.05, 0) is 37.6 Å². The summed E-state index contributed by atoms with van der Waals surface area (Å²) in [5.41, 5.74) is 4.62. The lowest BCUT2D eigenvalue weighted by atomic mass is 10.1. The Labute approximate surface area is 138 Å². The molecule has 0 aliphatic rings. The molecule has 0 aliphatic carbocycles. The second kappa shape index (κ2) is 10.0. The highest BCUT2D eigenvalue weighted by atomic mass is 16.5. The molecule has 0 fully saturated rings. The molecule has 23 heavy (non-hydrogen) atoms. The Kier molecular flexibility index (Phi) is 8.33. The molecule has 0 radical (unpaired) electrons. The highest BCUT2D eigenvalue weighted by Gasteiger charge is 2.27. The maximum atomic E-state index is 11.8. The van der Waals surface area contributed by atoms with Crippen molar-refractivity contribution >= 4 is 17.9 Å². The third kappa shape index (κ3) is 7.28. The van der Waals surface area contributed by atoms with Gasteiger partial charge in [0.1, 0.15) is 17.6 Å². The molecule has 1 aromatic carbocycles. The van der Waals surface area contributed by atoms with Crippen LogP contribution in [0.3, 0.4) is 0 Å². The number of hydrogen-bond acceptors (Lipinski definition) is 4. The maximum Gasteiger partial charge on any atom is 0.251 e. The Hall–Kier alpha value is -1.88. The average Bonchev–Trinajstić information content (AvgIpc) is 2.55. The highest BCUT2D eigenvalue weighted by molar-refractivity contribution is 6.08. The molecule has 0 heterocycles. The summed E-state index contributed by atoms with van der Waals surface area (Å²) in [7, 11) is 0. The minimum Gasteiger partial charge on any atom is -0.494 e. The first-order valence-electron chi connectivity index (χ1n) is 8.29. The smallest absolute Gasteiger partial charge is 0.251 e. The van der Waals surface area contributed by atoms with Crippen molar-refractivity contribution in [1.82, 2.24) is 0 Å². The standard InChI is InChI=1S/C18H28N2O3/c1-3-4-5-6-7-8-13-23-16-11-9-15(10-12-16)20-17(22)18(2,19)14-21/h9-12,14H,3-8,13,19H2,1-2H3,(H,20,22)/t18-/m0/s1. The summed E-state index contributed by atoms with van der Waals surface area (Å²) in [6.45, 7) is 4.28. The number of carbonyl (C=O) groups is 2. The lowest BCUT2D eigenvalue weighted by Gasteiger charge is -2.16. The van der Waals surface area contributed by atoms with Crippen molar-refractivity contribution in [2.75, 3.05) is 11.9 Å². The average molecular weight is 320 g/mol. The van der Waals surface area contributed by atoms with Crippen LogP contribution in [0.25, 0.3) is 0 Å². The predicted octanol–water partition coefficient (Wildman–Crippen LogP) is 3.28. The zero-order valence-corrected chi connectivity index (χ0v) is 14.1. The fourth-order valence-corrected chi connectivity index (χ4v) is 2.03. The number of carbonyl (C=O) groups excluding carboxylic acids is 2. The van der Waals surface area contributed by atoms with E-state index < -0.39 is 11.4 Å². The summed E-state index contributed by atoms with van der Waals surface area (Å²) in [5, 5.41) is 2.61. The van der Waals surface area contributed by atoms with Crippen LogP contribution in [-0.2, 0) is 9.59 Å². The van der Waals surface area contributed by atoms with Gasteiger partial charge in [-0.15, -0.1) is 0 Å². The molecule has 0 saturated carbocycles. The number of aldehydes is 1. The molecule has 0 bridgehead atoms. The summed E-state index contributed by atoms with van der Waals surface area (Å²) in [4.78, 5) is 22.5. The zero-order valence-electron chi connectivity index (χ0n) is 14.1. The minimum atomic E-state index is -1.52. The summed E-state index contributed by atoms with van der Waals surface area (Å²) < 4.78 is 5.67. The van der Waals surface area contributed by atoms with E-state index in [4.69, 9.17) is 10.5 Å². The molecular weight excluding hydrogens is 292 g/mol. The van der Waals surface area contributed by atoms with Crippen LogP contribution in [0.1, 0.15) is 52.4 Å². The minimum absolute atomic E-state index is 0.431. The van der Waals surface area contributed by atoms with Crippen molar-refractivity contribution in [1.29, 1.82) is 0 Å². The molecule has 128 valence electrons. The van der Waals surface area contributed by atoms with Crippen LogP contribution in [0.5, 0.6) is 5.75 Å². The largest absolute Gasteiger partial charge is 0.494 e. The summed E-state index contributed by atoms with van der Waals surface area (Å²) >= 11 is 0. The van der Waals surface area contributed by atoms with Crippen LogP contribution < -0.4 is 15.8 Å². The van der Waals surface area contributed by atoms with E-state index in [0.29, 0.717) is 18.6 Å². The summed E-state index contributed by atoms with van der Waals surface area (Å²) in [5.74, 6) is 0.232. The van der Waals surface area contributed by atoms with E-state index in [1.807, 2.05) is 0 Å². The molecule has 1 rings (SSSR count). The van der Waals surface area contributed by atoms with Crippen molar-refractivity contribution in [2.45, 2.75) is 57.9 Å². The van der Waals surface area contributed by atoms with Crippen LogP contribution >= 0.6 is 0 Å². The Morgan fingerprint density at radius 3 is 2.39 bits per heavy atom. The van der Waals surface area contributed by atoms with Crippen LogP contribution in [0.15, 0.2) is 24.3 Å². The molecule has 5 heteroatoms. The number of ether oxygens (including phenoxy) is 1. The van der Waals surface area contributed by atoms with Gasteiger partial charge in [0.05, 0.1) is 6.61 Å². The van der Waals surface area contributed by atoms with Gasteiger partial charge in [-0.2, -0.15) is 0 Å². The topological polar surface area (TPSA) is 81.4 Å². The molecule has 0 aliphatic heterocycles. The van der Waals surface area contributed by atoms with Crippen LogP contribution in [0.2, 0.25) is 0 Å². The van der Waals surface area contributed by atoms with Gasteiger partial charge in [-0.3, -0.25) is 4.79 Å². The third-order valence-corrected chi connectivity index (χ3v) is 3.61. The molecule has 1 atom stereocenters. The molecule has 1 amide bonds. The SMILES string of the molecule is CCCCCCCCOc1ccc(NC(=O)[C@@](C)(N)C=O)cc1. The van der Waals surface area contributed by atoms with E-state index in [9.17, 15) is 9.59 Å². The van der Waals surface area contributed by atoms with Gasteiger partial charge in [0.15, 0.2) is 0 Å². The Balaban J connectivity index is 2.31. The van der Waals surface area contributed by atoms with E-state index in [1.165, 1.54) is 39.0 Å². The van der Waals surface area contributed by atoms with Crippen molar-refractivity contribution in [2.24, 2.45) is 5.73 Å². The van der Waals surface area contributed by atoms with E-state index in [-0.39, 0.29) is 0 Å². The van der Waals surface area contributed by atoms with E-state index in [1.54, 1.807) is 24.3 Å². The summed E-state index contributed by atoms with van der Waals surface area (Å²) in [6.07, 6.45) is 7.79. The van der Waals surface area contributed by atoms with Crippen molar-refractivity contribution in [3.05, 3.63) is 24.3 Å². The number of hydrogen-bond donors (Lipinski definition) is 2. The lowest BCUT2D eigenvalue weighted by Crippen LogP contribution is -2.49. The molecule has 0 aromatic heterocycles. The molecule has 5 nitrogen and oxygen atoms in total. The zero-order chi connectivity index (χ0) is 17.1. The van der Waals surface area contributed by atoms with Crippen LogP contribution in [-0.4, -0.2) is 24.3 Å². The van der Waals surface area contributed by atoms with Gasteiger partial charge in [-0.25, -0.2) is 0 Å². The number of unbranched alkanes of at least 4 members (excludes halogenated alkanes) is 5. The molecular formula is C18H28N2O3. The first-order valence-corrected chi connectivity index (χ1v) is 8.29. The second-order valence-corrected chi connectivity index (χ2v) is 6.00. The van der Waals surface area contributed by atoms with Crippen molar-refractivity contribution < 1.29 is 14.3 Å². The van der Waals surface area contributed by atoms with Gasteiger partial charge in [0.2, 0.25) is 0 Å². The lowest BCUT2D eigenvalue weighted by molar-refractivity contribution is -0.126. The quantitative estimate of drug-likeness (QED) is 0.372. The first-order chi connectivity index (χ1) is 11.0. The highest BCUT2D eigenvalue weighted by Crippen LogP contribution is 2.17. The van der Waals surface area contributed by atoms with Gasteiger partial charge < -0.3 is 20.6 Å². The second-order valence-electron chi connectivity index (χ2n) is 6.00. The number of nitrogens with two attached hydrogens (primary N) is 1. The number of benzene rings is 1. The molecule has 1 aromatic rings. The number of anilines is 1. The number of rotatable bonds is 11. The monoisotopic (exact) mass is 320 g/mol. The Morgan fingerprint density at radius 1 is 1.17 bits per heavy atom. The van der Waals surface area contributed by atoms with Crippen molar-refractivity contribution in [3.63, 3.8) is 0 Å². The molecule has 0 spiro atoms. The van der Waals surface area contributed by atoms with E-state index in [0.717, 1.165) is 12.2 Å². The van der Waals surface area contributed by atoms with Gasteiger partial charge >= 0.3 is 0 Å². The maximum absolute atomic E-state index is 11.8. The third-order valence-electron chi connectivity index (χ3n) is 3.61. The molecule has 0 saturated heterocycles. The van der Waals surface area contributed by atoms with Gasteiger partial charge in [0, 0.05) is 5.69 Å². The number of amides is 1. The fourth-order valence-electron chi connectivity index (χ4n) is 2.03. The first kappa shape index (κ1) is 19.2. The number of nitrogens with one attached hydrogen (secondary N) is 1. The molecule has 3 N–H and O–H groups in total. The Morgan fingerprint density at radius 2 is 1.78 bits per heavy atom. The Bertz CT molecular complexity index is 484. The molecule has 0 unspecified atom stereocenters. The van der Waals surface area contributed by atoms with E-state index in [2.05, 4.69) is 12.2 Å². The van der Waals surface area contributed by atoms with Crippen LogP contribution in [0, 0.1) is 0 Å². The van der Waals surface area contributed by atoms with Crippen molar-refractivity contribution in [3.8, 4) is 5.75 Å².